The highest BCUT2D eigenvalue weighted by Crippen LogP contribution is 2.28. The van der Waals surface area contributed by atoms with E-state index in [4.69, 9.17) is 10.00 Å². The zero-order valence-electron chi connectivity index (χ0n) is 11.5. The molecule has 3 nitrogen and oxygen atoms in total. The van der Waals surface area contributed by atoms with Gasteiger partial charge in [0, 0.05) is 17.8 Å². The summed E-state index contributed by atoms with van der Waals surface area (Å²) in [4.78, 5) is 0. The third-order valence-corrected chi connectivity index (χ3v) is 4.79. The second kappa shape index (κ2) is 6.83. The zero-order chi connectivity index (χ0) is 13.7. The van der Waals surface area contributed by atoms with Crippen molar-refractivity contribution in [1.29, 1.82) is 5.26 Å². The first-order chi connectivity index (χ1) is 9.26. The Morgan fingerprint density at radius 1 is 1.47 bits per heavy atom. The minimum Gasteiger partial charge on any atom is -0.495 e. The van der Waals surface area contributed by atoms with Crippen LogP contribution < -0.4 is 10.1 Å². The number of nitrogens with one attached hydrogen (secondary N) is 1. The van der Waals surface area contributed by atoms with Crippen LogP contribution in [0.25, 0.3) is 0 Å². The molecule has 1 saturated carbocycles. The largest absolute Gasteiger partial charge is 0.495 e. The number of benzene rings is 1. The van der Waals surface area contributed by atoms with Crippen molar-refractivity contribution in [2.45, 2.75) is 37.1 Å². The van der Waals surface area contributed by atoms with Crippen LogP contribution in [0.1, 0.15) is 30.4 Å². The molecular formula is C15H20N2OS. The number of rotatable bonds is 5. The van der Waals surface area contributed by atoms with Crippen LogP contribution in [-0.4, -0.2) is 24.7 Å². The summed E-state index contributed by atoms with van der Waals surface area (Å²) >= 11 is 1.97. The van der Waals surface area contributed by atoms with Crippen molar-refractivity contribution < 1.29 is 4.74 Å². The van der Waals surface area contributed by atoms with Crippen LogP contribution in [0.15, 0.2) is 18.2 Å². The van der Waals surface area contributed by atoms with E-state index in [1.165, 1.54) is 19.3 Å². The zero-order valence-corrected chi connectivity index (χ0v) is 12.3. The molecular weight excluding hydrogens is 256 g/mol. The number of nitriles is 1. The Morgan fingerprint density at radius 2 is 2.32 bits per heavy atom. The highest BCUT2D eigenvalue weighted by Gasteiger charge is 2.23. The lowest BCUT2D eigenvalue weighted by molar-refractivity contribution is 0.413. The van der Waals surface area contributed by atoms with Crippen LogP contribution in [0.2, 0.25) is 0 Å². The number of hydrogen-bond donors (Lipinski definition) is 1. The van der Waals surface area contributed by atoms with Crippen molar-refractivity contribution >= 4 is 11.8 Å². The molecule has 2 atom stereocenters. The standard InChI is InChI=1S/C15H20N2OS/c1-18-15-6-3-11(7-12(15)9-16)10-17-13-4-5-14(8-13)19-2/h3,6-7,13-14,17H,4-5,8,10H2,1-2H3. The van der Waals surface area contributed by atoms with E-state index in [0.29, 0.717) is 17.4 Å². The summed E-state index contributed by atoms with van der Waals surface area (Å²) in [5.41, 5.74) is 1.75. The molecule has 1 fully saturated rings. The predicted octanol–water partition coefficient (Wildman–Crippen LogP) is 2.94. The lowest BCUT2D eigenvalue weighted by atomic mass is 10.1. The van der Waals surface area contributed by atoms with Gasteiger partial charge in [-0.1, -0.05) is 6.07 Å². The Morgan fingerprint density at radius 3 is 2.95 bits per heavy atom. The summed E-state index contributed by atoms with van der Waals surface area (Å²) in [5.74, 6) is 0.648. The molecule has 0 amide bonds. The SMILES string of the molecule is COc1ccc(CNC2CCC(SC)C2)cc1C#N. The molecule has 1 aromatic rings. The van der Waals surface area contributed by atoms with Crippen molar-refractivity contribution in [3.8, 4) is 11.8 Å². The Labute approximate surface area is 119 Å². The topological polar surface area (TPSA) is 45.0 Å². The number of hydrogen-bond acceptors (Lipinski definition) is 4. The summed E-state index contributed by atoms with van der Waals surface area (Å²) in [6.45, 7) is 0.824. The van der Waals surface area contributed by atoms with E-state index in [-0.39, 0.29) is 0 Å². The first kappa shape index (κ1) is 14.2. The Bertz CT molecular complexity index is 470. The van der Waals surface area contributed by atoms with Crippen molar-refractivity contribution in [2.75, 3.05) is 13.4 Å². The molecule has 0 spiro atoms. The summed E-state index contributed by atoms with van der Waals surface area (Å²) in [6, 6.07) is 8.59. The van der Waals surface area contributed by atoms with Gasteiger partial charge in [0.1, 0.15) is 11.8 Å². The molecule has 0 radical (unpaired) electrons. The van der Waals surface area contributed by atoms with Gasteiger partial charge in [-0.05, 0) is 43.2 Å². The third-order valence-electron chi connectivity index (χ3n) is 3.70. The van der Waals surface area contributed by atoms with Crippen molar-refractivity contribution in [2.24, 2.45) is 0 Å². The molecule has 0 aromatic heterocycles. The molecule has 0 bridgehead atoms. The normalized spacial score (nSPS) is 22.2. The van der Waals surface area contributed by atoms with Gasteiger partial charge in [-0.2, -0.15) is 17.0 Å². The molecule has 19 heavy (non-hydrogen) atoms. The Kier molecular flexibility index (Phi) is 5.12. The molecule has 0 heterocycles. The number of ether oxygens (including phenoxy) is 1. The minimum absolute atomic E-state index is 0.607. The average Bonchev–Trinajstić information content (AvgIpc) is 2.92. The quantitative estimate of drug-likeness (QED) is 0.898. The maximum absolute atomic E-state index is 9.07. The van der Waals surface area contributed by atoms with E-state index < -0.39 is 0 Å². The predicted molar refractivity (Wildman–Crippen MR) is 79.5 cm³/mol. The molecule has 1 N–H and O–H groups in total. The molecule has 1 aliphatic rings. The highest BCUT2D eigenvalue weighted by atomic mass is 32.2. The molecule has 102 valence electrons. The number of methoxy groups -OCH3 is 1. The fourth-order valence-corrected chi connectivity index (χ4v) is 3.35. The van der Waals surface area contributed by atoms with Crippen molar-refractivity contribution in [3.63, 3.8) is 0 Å². The van der Waals surface area contributed by atoms with Crippen LogP contribution in [0.4, 0.5) is 0 Å². The summed E-state index contributed by atoms with van der Waals surface area (Å²) in [6.07, 6.45) is 6.01. The van der Waals surface area contributed by atoms with Gasteiger partial charge >= 0.3 is 0 Å². The van der Waals surface area contributed by atoms with Crippen LogP contribution in [0.5, 0.6) is 5.75 Å². The van der Waals surface area contributed by atoms with E-state index in [2.05, 4.69) is 17.6 Å². The summed E-state index contributed by atoms with van der Waals surface area (Å²) in [5, 5.41) is 13.5. The highest BCUT2D eigenvalue weighted by molar-refractivity contribution is 7.99. The third kappa shape index (κ3) is 3.65. The van der Waals surface area contributed by atoms with E-state index in [1.807, 2.05) is 30.0 Å². The maximum atomic E-state index is 9.07. The van der Waals surface area contributed by atoms with Gasteiger partial charge in [0.15, 0.2) is 0 Å². The first-order valence-electron chi connectivity index (χ1n) is 6.60. The fraction of sp³-hybridized carbons (Fsp3) is 0.533. The summed E-state index contributed by atoms with van der Waals surface area (Å²) in [7, 11) is 1.59. The van der Waals surface area contributed by atoms with E-state index in [0.717, 1.165) is 17.4 Å². The molecule has 2 unspecified atom stereocenters. The lowest BCUT2D eigenvalue weighted by Crippen LogP contribution is -2.26. The lowest BCUT2D eigenvalue weighted by Gasteiger charge is -2.13. The molecule has 4 heteroatoms. The van der Waals surface area contributed by atoms with E-state index >= 15 is 0 Å². The van der Waals surface area contributed by atoms with Crippen LogP contribution in [-0.2, 0) is 6.54 Å². The van der Waals surface area contributed by atoms with E-state index in [9.17, 15) is 0 Å². The van der Waals surface area contributed by atoms with Gasteiger partial charge in [0.05, 0.1) is 12.7 Å². The van der Waals surface area contributed by atoms with Crippen LogP contribution in [0.3, 0.4) is 0 Å². The van der Waals surface area contributed by atoms with Gasteiger partial charge in [-0.3, -0.25) is 0 Å². The summed E-state index contributed by atoms with van der Waals surface area (Å²) < 4.78 is 5.15. The van der Waals surface area contributed by atoms with Gasteiger partial charge in [0.2, 0.25) is 0 Å². The molecule has 1 aromatic carbocycles. The smallest absolute Gasteiger partial charge is 0.136 e. The van der Waals surface area contributed by atoms with Gasteiger partial charge < -0.3 is 10.1 Å². The number of nitrogens with zero attached hydrogens (tertiary/aromatic N) is 1. The second-order valence-electron chi connectivity index (χ2n) is 4.90. The van der Waals surface area contributed by atoms with Gasteiger partial charge in [-0.15, -0.1) is 0 Å². The molecule has 1 aliphatic carbocycles. The average molecular weight is 276 g/mol. The molecule has 0 saturated heterocycles. The Balaban J connectivity index is 1.92. The first-order valence-corrected chi connectivity index (χ1v) is 7.88. The van der Waals surface area contributed by atoms with Crippen LogP contribution >= 0.6 is 11.8 Å². The van der Waals surface area contributed by atoms with Crippen molar-refractivity contribution in [1.82, 2.24) is 5.32 Å². The van der Waals surface area contributed by atoms with E-state index in [1.54, 1.807) is 7.11 Å². The maximum Gasteiger partial charge on any atom is 0.136 e. The molecule has 2 rings (SSSR count). The van der Waals surface area contributed by atoms with Gasteiger partial charge in [0.25, 0.3) is 0 Å². The van der Waals surface area contributed by atoms with Crippen molar-refractivity contribution in [3.05, 3.63) is 29.3 Å². The monoisotopic (exact) mass is 276 g/mol. The number of thioether (sulfide) groups is 1. The van der Waals surface area contributed by atoms with Gasteiger partial charge in [-0.25, -0.2) is 0 Å². The minimum atomic E-state index is 0.607. The second-order valence-corrected chi connectivity index (χ2v) is 6.03. The Hall–Kier alpha value is -1.18. The van der Waals surface area contributed by atoms with Crippen LogP contribution in [0, 0.1) is 11.3 Å². The fourth-order valence-electron chi connectivity index (χ4n) is 2.55. The molecule has 0 aliphatic heterocycles.